The van der Waals surface area contributed by atoms with Crippen LogP contribution in [0, 0.1) is 0 Å². The molecule has 1 amide bonds. The number of hydrogen-bond acceptors (Lipinski definition) is 8. The highest BCUT2D eigenvalue weighted by molar-refractivity contribution is 7.91. The molecule has 4 aromatic carbocycles. The standard InChI is InChI=1S/C14H11NO4S.C14H13NO3S.CH4/c16-14-9-19-13-7-6-11(8-12(13)15-14)20(17,18)10-4-2-1-3-5-10;16-19(17,11-4-2-1-3-5-11)12-6-7-14-13(10-12)15-8-9-18-14;/h1-8H,9H2,(H,15,16);1-7,10,15H,8-9H2;1H4. The first-order valence-electron chi connectivity index (χ1n) is 11.9. The quantitative estimate of drug-likeness (QED) is 0.352. The van der Waals surface area contributed by atoms with E-state index < -0.39 is 19.7 Å². The summed E-state index contributed by atoms with van der Waals surface area (Å²) < 4.78 is 60.4. The maximum atomic E-state index is 12.5. The van der Waals surface area contributed by atoms with Gasteiger partial charge in [-0.05, 0) is 60.7 Å². The predicted octanol–water partition coefficient (Wildman–Crippen LogP) is 4.81. The molecule has 0 fully saturated rings. The largest absolute Gasteiger partial charge is 0.490 e. The van der Waals surface area contributed by atoms with Crippen molar-refractivity contribution in [3.05, 3.63) is 97.1 Å². The van der Waals surface area contributed by atoms with Gasteiger partial charge in [-0.2, -0.15) is 0 Å². The number of anilines is 2. The molecule has 11 heteroatoms. The summed E-state index contributed by atoms with van der Waals surface area (Å²) in [5, 5.41) is 5.73. The van der Waals surface area contributed by atoms with Gasteiger partial charge >= 0.3 is 0 Å². The summed E-state index contributed by atoms with van der Waals surface area (Å²) in [5.41, 5.74) is 1.10. The van der Waals surface area contributed by atoms with Gasteiger partial charge in [0.1, 0.15) is 18.1 Å². The summed E-state index contributed by atoms with van der Waals surface area (Å²) in [5.74, 6) is 0.863. The second-order valence-electron chi connectivity index (χ2n) is 8.56. The molecule has 9 nitrogen and oxygen atoms in total. The highest BCUT2D eigenvalue weighted by Crippen LogP contribution is 2.33. The maximum absolute atomic E-state index is 12.5. The fraction of sp³-hybridized carbons (Fsp3) is 0.138. The minimum absolute atomic E-state index is 0. The predicted molar refractivity (Wildman–Crippen MR) is 152 cm³/mol. The molecule has 0 aromatic heterocycles. The molecule has 0 atom stereocenters. The minimum Gasteiger partial charge on any atom is -0.490 e. The Bertz CT molecular complexity index is 1730. The molecule has 2 aliphatic rings. The molecule has 0 unspecified atom stereocenters. The zero-order chi connectivity index (χ0) is 27.5. The molecule has 208 valence electrons. The zero-order valence-corrected chi connectivity index (χ0v) is 22.2. The fourth-order valence-electron chi connectivity index (χ4n) is 3.99. The highest BCUT2D eigenvalue weighted by atomic mass is 32.2. The summed E-state index contributed by atoms with van der Waals surface area (Å²) in [6, 6.07) is 25.9. The molecule has 0 saturated heterocycles. The normalized spacial score (nSPS) is 13.8. The molecule has 6 rings (SSSR count). The van der Waals surface area contributed by atoms with E-state index >= 15 is 0 Å². The van der Waals surface area contributed by atoms with Crippen molar-refractivity contribution >= 4 is 37.0 Å². The Morgan fingerprint density at radius 3 is 1.65 bits per heavy atom. The van der Waals surface area contributed by atoms with Gasteiger partial charge in [0.2, 0.25) is 19.7 Å². The molecule has 2 heterocycles. The number of nitrogens with one attached hydrogen (secondary N) is 2. The van der Waals surface area contributed by atoms with Gasteiger partial charge in [0.15, 0.2) is 6.61 Å². The molecule has 0 spiro atoms. The van der Waals surface area contributed by atoms with Crippen molar-refractivity contribution in [2.75, 3.05) is 30.4 Å². The molecule has 0 saturated carbocycles. The number of rotatable bonds is 4. The monoisotopic (exact) mass is 580 g/mol. The third-order valence-electron chi connectivity index (χ3n) is 5.94. The first kappa shape index (κ1) is 28.7. The Balaban J connectivity index is 0.000000181. The van der Waals surface area contributed by atoms with Gasteiger partial charge < -0.3 is 20.1 Å². The van der Waals surface area contributed by atoms with E-state index in [0.29, 0.717) is 35.2 Å². The lowest BCUT2D eigenvalue weighted by Crippen LogP contribution is -2.25. The highest BCUT2D eigenvalue weighted by Gasteiger charge is 2.22. The lowest BCUT2D eigenvalue weighted by molar-refractivity contribution is -0.118. The van der Waals surface area contributed by atoms with Gasteiger partial charge in [-0.25, -0.2) is 16.8 Å². The number of carbonyl (C=O) groups is 1. The van der Waals surface area contributed by atoms with Crippen LogP contribution in [0.2, 0.25) is 0 Å². The Kier molecular flexibility index (Phi) is 8.46. The lowest BCUT2D eigenvalue weighted by Gasteiger charge is -2.19. The van der Waals surface area contributed by atoms with Crippen LogP contribution < -0.4 is 20.1 Å². The number of hydrogen-bond donors (Lipinski definition) is 2. The maximum Gasteiger partial charge on any atom is 0.262 e. The van der Waals surface area contributed by atoms with Crippen molar-refractivity contribution in [2.45, 2.75) is 27.0 Å². The van der Waals surface area contributed by atoms with E-state index in [0.717, 1.165) is 5.69 Å². The summed E-state index contributed by atoms with van der Waals surface area (Å²) in [6.45, 7) is 1.22. The average molecular weight is 581 g/mol. The summed E-state index contributed by atoms with van der Waals surface area (Å²) in [4.78, 5) is 12.2. The summed E-state index contributed by atoms with van der Waals surface area (Å²) in [7, 11) is -7.06. The van der Waals surface area contributed by atoms with E-state index in [-0.39, 0.29) is 34.6 Å². The van der Waals surface area contributed by atoms with Gasteiger partial charge in [-0.15, -0.1) is 0 Å². The number of ether oxygens (including phenoxy) is 2. The second kappa shape index (κ2) is 11.8. The van der Waals surface area contributed by atoms with Crippen molar-refractivity contribution < 1.29 is 31.1 Å². The van der Waals surface area contributed by atoms with Crippen LogP contribution in [0.5, 0.6) is 11.5 Å². The minimum atomic E-state index is -3.60. The van der Waals surface area contributed by atoms with Crippen LogP contribution in [-0.2, 0) is 24.5 Å². The van der Waals surface area contributed by atoms with Crippen LogP contribution in [-0.4, -0.2) is 42.5 Å². The van der Waals surface area contributed by atoms with E-state index in [2.05, 4.69) is 10.6 Å². The first-order valence-corrected chi connectivity index (χ1v) is 14.9. The van der Waals surface area contributed by atoms with Gasteiger partial charge in [0.25, 0.3) is 5.91 Å². The van der Waals surface area contributed by atoms with E-state index in [1.54, 1.807) is 72.8 Å². The Morgan fingerprint density at radius 2 is 1.10 bits per heavy atom. The van der Waals surface area contributed by atoms with Crippen molar-refractivity contribution in [1.82, 2.24) is 0 Å². The van der Waals surface area contributed by atoms with Crippen LogP contribution in [0.3, 0.4) is 0 Å². The molecular formula is C29H28N2O7S2. The summed E-state index contributed by atoms with van der Waals surface area (Å²) in [6.07, 6.45) is 0. The molecule has 2 aliphatic heterocycles. The molecule has 40 heavy (non-hydrogen) atoms. The van der Waals surface area contributed by atoms with Crippen molar-refractivity contribution in [1.29, 1.82) is 0 Å². The molecule has 0 aliphatic carbocycles. The number of fused-ring (bicyclic) bond motifs is 2. The molecule has 2 N–H and O–H groups in total. The van der Waals surface area contributed by atoms with E-state index in [1.165, 1.54) is 24.3 Å². The SMILES string of the molecule is C.O=C1COc2ccc(S(=O)(=O)c3ccccc3)cc2N1.O=S(=O)(c1ccccc1)c1ccc2c(c1)NCCO2. The Labute approximate surface area is 233 Å². The van der Waals surface area contributed by atoms with E-state index in [1.807, 2.05) is 0 Å². The topological polar surface area (TPSA) is 128 Å². The number of carbonyl (C=O) groups excluding carboxylic acids is 1. The zero-order valence-electron chi connectivity index (χ0n) is 20.5. The van der Waals surface area contributed by atoms with Crippen LogP contribution in [0.4, 0.5) is 11.4 Å². The van der Waals surface area contributed by atoms with Gasteiger partial charge in [-0.1, -0.05) is 43.8 Å². The molecule has 0 radical (unpaired) electrons. The second-order valence-corrected chi connectivity index (χ2v) is 12.5. The summed E-state index contributed by atoms with van der Waals surface area (Å²) >= 11 is 0. The first-order chi connectivity index (χ1) is 18.7. The fourth-order valence-corrected chi connectivity index (χ4v) is 6.60. The van der Waals surface area contributed by atoms with E-state index in [9.17, 15) is 21.6 Å². The molecular weight excluding hydrogens is 552 g/mol. The lowest BCUT2D eigenvalue weighted by atomic mass is 10.2. The van der Waals surface area contributed by atoms with Gasteiger partial charge in [0.05, 0.1) is 31.0 Å². The van der Waals surface area contributed by atoms with Gasteiger partial charge in [0, 0.05) is 6.54 Å². The molecule has 0 bridgehead atoms. The van der Waals surface area contributed by atoms with Crippen LogP contribution >= 0.6 is 0 Å². The van der Waals surface area contributed by atoms with Crippen molar-refractivity contribution in [3.8, 4) is 11.5 Å². The Morgan fingerprint density at radius 1 is 0.600 bits per heavy atom. The third-order valence-corrected chi connectivity index (χ3v) is 9.47. The number of benzene rings is 4. The van der Waals surface area contributed by atoms with Gasteiger partial charge in [-0.3, -0.25) is 4.79 Å². The van der Waals surface area contributed by atoms with Crippen LogP contribution in [0.25, 0.3) is 0 Å². The van der Waals surface area contributed by atoms with Crippen LogP contribution in [0.15, 0.2) is 117 Å². The van der Waals surface area contributed by atoms with E-state index in [4.69, 9.17) is 9.47 Å². The third kappa shape index (κ3) is 5.95. The Hall–Kier alpha value is -4.35. The average Bonchev–Trinajstić information content (AvgIpc) is 2.97. The number of amides is 1. The van der Waals surface area contributed by atoms with Crippen LogP contribution in [0.1, 0.15) is 7.43 Å². The number of sulfone groups is 2. The molecule has 4 aromatic rings. The van der Waals surface area contributed by atoms with Crippen molar-refractivity contribution in [2.24, 2.45) is 0 Å². The smallest absolute Gasteiger partial charge is 0.262 e. The van der Waals surface area contributed by atoms with Crippen molar-refractivity contribution in [3.63, 3.8) is 0 Å².